The highest BCUT2D eigenvalue weighted by Gasteiger charge is 2.27. The maximum Gasteiger partial charge on any atom is 0.344 e. The highest BCUT2D eigenvalue weighted by Crippen LogP contribution is 2.41. The Morgan fingerprint density at radius 2 is 1.47 bits per heavy atom. The molecule has 0 atom stereocenters. The van der Waals surface area contributed by atoms with Gasteiger partial charge in [0.05, 0.1) is 0 Å². The lowest BCUT2D eigenvalue weighted by atomic mass is 10.8. The van der Waals surface area contributed by atoms with E-state index in [-0.39, 0.29) is 0 Å². The molecule has 0 fully saturated rings. The van der Waals surface area contributed by atoms with Crippen LogP contribution in [0.15, 0.2) is 12.5 Å². The monoisotopic (exact) mass is 263 g/mol. The molecule has 0 aliphatic carbocycles. The van der Waals surface area contributed by atoms with Gasteiger partial charge in [0.15, 0.2) is 0 Å². The summed E-state index contributed by atoms with van der Waals surface area (Å²) in [6.45, 7) is 3.01. The lowest BCUT2D eigenvalue weighted by molar-refractivity contribution is -0.221. The number of hydrogen-bond donors (Lipinski definition) is 5. The van der Waals surface area contributed by atoms with Crippen molar-refractivity contribution in [2.24, 2.45) is 0 Å². The molecular formula is C4H11NO8P2. The normalized spacial score (nSPS) is 12.3. The van der Waals surface area contributed by atoms with Crippen LogP contribution in [0.5, 0.6) is 0 Å². The summed E-state index contributed by atoms with van der Waals surface area (Å²) in [7, 11) is -9.09. The second kappa shape index (κ2) is 5.09. The predicted molar refractivity (Wildman–Crippen MR) is 48.5 cm³/mol. The minimum Gasteiger partial charge on any atom is -0.323 e. The molecule has 9 nitrogen and oxygen atoms in total. The SMILES string of the molecule is C=C(OO)N(CP(=O)(O)O)CP(=O)(O)O. The molecule has 0 spiro atoms. The second-order valence-corrected chi connectivity index (χ2v) is 5.86. The number of nitrogens with zero attached hydrogens (tertiary/aromatic N) is 1. The lowest BCUT2D eigenvalue weighted by Gasteiger charge is -2.23. The number of rotatable bonds is 6. The van der Waals surface area contributed by atoms with Gasteiger partial charge in [0.2, 0.25) is 5.88 Å². The Labute approximate surface area is 84.8 Å². The van der Waals surface area contributed by atoms with Crippen LogP contribution in [0.3, 0.4) is 0 Å². The Morgan fingerprint density at radius 1 is 1.13 bits per heavy atom. The molecule has 0 radical (unpaired) electrons. The first-order chi connectivity index (χ1) is 6.55. The summed E-state index contributed by atoms with van der Waals surface area (Å²) in [5, 5.41) is 8.15. The molecular weight excluding hydrogens is 252 g/mol. The van der Waals surface area contributed by atoms with Crippen LogP contribution in [-0.2, 0) is 14.0 Å². The van der Waals surface area contributed by atoms with E-state index in [4.69, 9.17) is 24.8 Å². The molecule has 0 bridgehead atoms. The van der Waals surface area contributed by atoms with Crippen LogP contribution < -0.4 is 0 Å². The van der Waals surface area contributed by atoms with E-state index in [0.29, 0.717) is 4.90 Å². The van der Waals surface area contributed by atoms with Crippen LogP contribution in [0, 0.1) is 0 Å². The second-order valence-electron chi connectivity index (χ2n) is 2.64. The maximum absolute atomic E-state index is 10.6. The third-order valence-electron chi connectivity index (χ3n) is 1.17. The zero-order valence-corrected chi connectivity index (χ0v) is 9.21. The summed E-state index contributed by atoms with van der Waals surface area (Å²) in [6.07, 6.45) is -2.03. The first kappa shape index (κ1) is 14.6. The molecule has 0 rings (SSSR count). The van der Waals surface area contributed by atoms with Gasteiger partial charge in [-0.25, -0.2) is 5.26 Å². The van der Waals surface area contributed by atoms with Crippen LogP contribution in [0.4, 0.5) is 0 Å². The Hall–Kier alpha value is -0.400. The van der Waals surface area contributed by atoms with Crippen molar-refractivity contribution in [1.29, 1.82) is 0 Å². The molecule has 5 N–H and O–H groups in total. The van der Waals surface area contributed by atoms with Gasteiger partial charge in [0.1, 0.15) is 12.6 Å². The van der Waals surface area contributed by atoms with Crippen LogP contribution in [0.25, 0.3) is 0 Å². The zero-order valence-electron chi connectivity index (χ0n) is 7.42. The smallest absolute Gasteiger partial charge is 0.323 e. The third-order valence-corrected chi connectivity index (χ3v) is 2.59. The summed E-state index contributed by atoms with van der Waals surface area (Å²) in [5.41, 5.74) is 0. The first-order valence-corrected chi connectivity index (χ1v) is 6.99. The highest BCUT2D eigenvalue weighted by atomic mass is 31.2. The molecule has 0 aromatic carbocycles. The molecule has 15 heavy (non-hydrogen) atoms. The van der Waals surface area contributed by atoms with E-state index in [0.717, 1.165) is 0 Å². The Kier molecular flexibility index (Phi) is 4.95. The van der Waals surface area contributed by atoms with Gasteiger partial charge in [-0.15, -0.1) is 0 Å². The van der Waals surface area contributed by atoms with Crippen molar-refractivity contribution in [1.82, 2.24) is 4.90 Å². The molecule has 0 unspecified atom stereocenters. The van der Waals surface area contributed by atoms with Gasteiger partial charge in [-0.3, -0.25) is 9.13 Å². The highest BCUT2D eigenvalue weighted by molar-refractivity contribution is 7.52. The fourth-order valence-corrected chi connectivity index (χ4v) is 2.27. The first-order valence-electron chi connectivity index (χ1n) is 3.39. The van der Waals surface area contributed by atoms with Crippen LogP contribution in [0.2, 0.25) is 0 Å². The van der Waals surface area contributed by atoms with Crippen LogP contribution in [0.1, 0.15) is 0 Å². The van der Waals surface area contributed by atoms with Gasteiger partial charge < -0.3 is 29.4 Å². The van der Waals surface area contributed by atoms with E-state index in [2.05, 4.69) is 11.5 Å². The van der Waals surface area contributed by atoms with E-state index in [1.165, 1.54) is 0 Å². The molecule has 0 heterocycles. The van der Waals surface area contributed by atoms with Crippen molar-refractivity contribution < 1.29 is 38.8 Å². The Bertz CT molecular complexity index is 293. The van der Waals surface area contributed by atoms with Crippen molar-refractivity contribution >= 4 is 15.2 Å². The molecule has 0 saturated carbocycles. The lowest BCUT2D eigenvalue weighted by Crippen LogP contribution is -2.26. The Morgan fingerprint density at radius 3 is 1.67 bits per heavy atom. The van der Waals surface area contributed by atoms with E-state index < -0.39 is 33.6 Å². The molecule has 0 amide bonds. The van der Waals surface area contributed by atoms with Crippen LogP contribution >= 0.6 is 15.2 Å². The number of hydrogen-bond acceptors (Lipinski definition) is 5. The zero-order chi connectivity index (χ0) is 12.3. The van der Waals surface area contributed by atoms with Crippen LogP contribution in [-0.4, -0.2) is 42.3 Å². The summed E-state index contributed by atoms with van der Waals surface area (Å²) < 4.78 is 21.1. The predicted octanol–water partition coefficient (Wildman–Crippen LogP) is -0.480. The molecule has 0 aliphatic rings. The molecule has 0 aromatic heterocycles. The van der Waals surface area contributed by atoms with Gasteiger partial charge in [0, 0.05) is 0 Å². The molecule has 90 valence electrons. The topological polar surface area (TPSA) is 148 Å². The van der Waals surface area contributed by atoms with Crippen molar-refractivity contribution in [3.63, 3.8) is 0 Å². The average molecular weight is 263 g/mol. The Balaban J connectivity index is 4.68. The van der Waals surface area contributed by atoms with Gasteiger partial charge in [0.25, 0.3) is 0 Å². The summed E-state index contributed by atoms with van der Waals surface area (Å²) in [5.74, 6) is -0.665. The quantitative estimate of drug-likeness (QED) is 0.185. The summed E-state index contributed by atoms with van der Waals surface area (Å²) >= 11 is 0. The van der Waals surface area contributed by atoms with Gasteiger partial charge >= 0.3 is 15.2 Å². The van der Waals surface area contributed by atoms with Crippen molar-refractivity contribution in [3.8, 4) is 0 Å². The summed E-state index contributed by atoms with van der Waals surface area (Å²) in [6, 6.07) is 0. The van der Waals surface area contributed by atoms with E-state index >= 15 is 0 Å². The molecule has 11 heteroatoms. The van der Waals surface area contributed by atoms with E-state index in [1.807, 2.05) is 0 Å². The van der Waals surface area contributed by atoms with Crippen molar-refractivity contribution in [2.75, 3.05) is 12.6 Å². The molecule has 0 saturated heterocycles. The maximum atomic E-state index is 10.6. The molecule has 0 aromatic rings. The fourth-order valence-electron chi connectivity index (χ4n) is 0.705. The largest absolute Gasteiger partial charge is 0.344 e. The molecule has 0 aliphatic heterocycles. The minimum atomic E-state index is -4.54. The standard InChI is InChI=1S/C4H11NO8P2/c1-4(13-6)5(2-14(7,8)9)3-15(10,11)12/h6H,1-3H2,(H2,7,8,9)(H2,10,11,12). The van der Waals surface area contributed by atoms with Crippen molar-refractivity contribution in [3.05, 3.63) is 12.5 Å². The van der Waals surface area contributed by atoms with E-state index in [9.17, 15) is 9.13 Å². The average Bonchev–Trinajstić information content (AvgIpc) is 1.96. The van der Waals surface area contributed by atoms with E-state index in [1.54, 1.807) is 0 Å². The van der Waals surface area contributed by atoms with Crippen molar-refractivity contribution in [2.45, 2.75) is 0 Å². The third kappa shape index (κ3) is 7.52. The minimum absolute atomic E-state index is 0.446. The summed E-state index contributed by atoms with van der Waals surface area (Å²) in [4.78, 5) is 38.3. The fraction of sp³-hybridized carbons (Fsp3) is 0.500. The van der Waals surface area contributed by atoms with Gasteiger partial charge in [-0.1, -0.05) is 0 Å². The van der Waals surface area contributed by atoms with Gasteiger partial charge in [-0.05, 0) is 6.58 Å². The van der Waals surface area contributed by atoms with Gasteiger partial charge in [-0.2, -0.15) is 0 Å².